The van der Waals surface area contributed by atoms with E-state index in [0.717, 1.165) is 22.5 Å². The number of aliphatic hydroxyl groups excluding tert-OH is 1. The number of nitrogens with zero attached hydrogens (tertiary/aromatic N) is 4. The van der Waals surface area contributed by atoms with Gasteiger partial charge in [-0.15, -0.1) is 0 Å². The second-order valence-corrected chi connectivity index (χ2v) is 6.70. The molecule has 0 radical (unpaired) electrons. The minimum Gasteiger partial charge on any atom is -0.462 e. The summed E-state index contributed by atoms with van der Waals surface area (Å²) in [5.41, 5.74) is 2.05. The number of hydrogen-bond donors (Lipinski definition) is 1. The SMILES string of the molecule is CCOC(=O)c1cnn(-c2nc3ccccc3s2)c1CN(CC)CCO. The van der Waals surface area contributed by atoms with Crippen molar-refractivity contribution in [2.45, 2.75) is 20.4 Å². The summed E-state index contributed by atoms with van der Waals surface area (Å²) in [6.07, 6.45) is 1.53. The molecule has 0 unspecified atom stereocenters. The van der Waals surface area contributed by atoms with Crippen molar-refractivity contribution in [3.05, 3.63) is 41.7 Å². The fourth-order valence-corrected chi connectivity index (χ4v) is 3.67. The first kappa shape index (κ1) is 18.5. The van der Waals surface area contributed by atoms with Gasteiger partial charge in [0.1, 0.15) is 5.56 Å². The Hall–Kier alpha value is -2.29. The third-order valence-corrected chi connectivity index (χ3v) is 5.08. The quantitative estimate of drug-likeness (QED) is 0.610. The average Bonchev–Trinajstić information content (AvgIpc) is 3.25. The van der Waals surface area contributed by atoms with E-state index in [-0.39, 0.29) is 6.61 Å². The summed E-state index contributed by atoms with van der Waals surface area (Å²) in [4.78, 5) is 19.0. The molecule has 0 saturated heterocycles. The van der Waals surface area contributed by atoms with Crippen LogP contribution in [0.15, 0.2) is 30.5 Å². The molecule has 1 aromatic carbocycles. The lowest BCUT2D eigenvalue weighted by Gasteiger charge is -2.20. The first-order valence-electron chi connectivity index (χ1n) is 8.61. The summed E-state index contributed by atoms with van der Waals surface area (Å²) in [6, 6.07) is 7.88. The zero-order valence-corrected chi connectivity index (χ0v) is 15.7. The molecule has 138 valence electrons. The summed E-state index contributed by atoms with van der Waals surface area (Å²) in [5.74, 6) is -0.394. The maximum absolute atomic E-state index is 12.3. The Labute approximate surface area is 155 Å². The van der Waals surface area contributed by atoms with Crippen LogP contribution in [-0.4, -0.2) is 57.0 Å². The molecular formula is C18H22N4O3S. The maximum atomic E-state index is 12.3. The van der Waals surface area contributed by atoms with Crippen molar-refractivity contribution in [1.29, 1.82) is 0 Å². The van der Waals surface area contributed by atoms with Crippen LogP contribution in [0.2, 0.25) is 0 Å². The molecule has 3 rings (SSSR count). The van der Waals surface area contributed by atoms with Gasteiger partial charge in [-0.25, -0.2) is 14.5 Å². The van der Waals surface area contributed by atoms with Gasteiger partial charge in [0.2, 0.25) is 5.13 Å². The number of carbonyl (C=O) groups is 1. The molecule has 0 fully saturated rings. The van der Waals surface area contributed by atoms with Crippen LogP contribution in [0.5, 0.6) is 0 Å². The molecular weight excluding hydrogens is 352 g/mol. The first-order valence-corrected chi connectivity index (χ1v) is 9.42. The molecule has 0 spiro atoms. The lowest BCUT2D eigenvalue weighted by molar-refractivity contribution is 0.0523. The molecule has 26 heavy (non-hydrogen) atoms. The third kappa shape index (κ3) is 3.77. The Morgan fingerprint density at radius 3 is 2.85 bits per heavy atom. The minimum absolute atomic E-state index is 0.0534. The van der Waals surface area contributed by atoms with Crippen LogP contribution in [0.25, 0.3) is 15.3 Å². The largest absolute Gasteiger partial charge is 0.462 e. The van der Waals surface area contributed by atoms with E-state index in [1.54, 1.807) is 11.6 Å². The Bertz CT molecular complexity index is 857. The van der Waals surface area contributed by atoms with Crippen LogP contribution >= 0.6 is 11.3 Å². The number of rotatable bonds is 8. The predicted molar refractivity (Wildman–Crippen MR) is 101 cm³/mol. The highest BCUT2D eigenvalue weighted by Gasteiger charge is 2.22. The second-order valence-electron chi connectivity index (χ2n) is 5.69. The highest BCUT2D eigenvalue weighted by molar-refractivity contribution is 7.20. The molecule has 0 amide bonds. The van der Waals surface area contributed by atoms with Crippen molar-refractivity contribution >= 4 is 27.5 Å². The van der Waals surface area contributed by atoms with Crippen LogP contribution in [0, 0.1) is 0 Å². The minimum atomic E-state index is -0.394. The number of benzene rings is 1. The van der Waals surface area contributed by atoms with Crippen LogP contribution in [-0.2, 0) is 11.3 Å². The number of likely N-dealkylation sites (N-methyl/N-ethyl adjacent to an activating group) is 1. The zero-order chi connectivity index (χ0) is 18.5. The van der Waals surface area contributed by atoms with E-state index in [1.807, 2.05) is 36.1 Å². The summed E-state index contributed by atoms with van der Waals surface area (Å²) in [6.45, 7) is 5.88. The normalized spacial score (nSPS) is 11.4. The van der Waals surface area contributed by atoms with Crippen molar-refractivity contribution in [2.75, 3.05) is 26.3 Å². The van der Waals surface area contributed by atoms with E-state index in [0.29, 0.717) is 30.4 Å². The first-order chi connectivity index (χ1) is 12.7. The average molecular weight is 374 g/mol. The highest BCUT2D eigenvalue weighted by atomic mass is 32.1. The number of thiazole rings is 1. The number of aromatic nitrogens is 3. The van der Waals surface area contributed by atoms with Crippen LogP contribution in [0.4, 0.5) is 0 Å². The Morgan fingerprint density at radius 1 is 1.35 bits per heavy atom. The van der Waals surface area contributed by atoms with E-state index in [2.05, 4.69) is 10.1 Å². The molecule has 0 aliphatic rings. The van der Waals surface area contributed by atoms with Gasteiger partial charge in [-0.1, -0.05) is 30.4 Å². The summed E-state index contributed by atoms with van der Waals surface area (Å²) < 4.78 is 7.94. The molecule has 0 atom stereocenters. The number of esters is 1. The predicted octanol–water partition coefficient (Wildman–Crippen LogP) is 2.47. The van der Waals surface area contributed by atoms with E-state index in [9.17, 15) is 9.90 Å². The fraction of sp³-hybridized carbons (Fsp3) is 0.389. The van der Waals surface area contributed by atoms with E-state index in [4.69, 9.17) is 4.74 Å². The van der Waals surface area contributed by atoms with Crippen molar-refractivity contribution in [1.82, 2.24) is 19.7 Å². The molecule has 3 aromatic rings. The second kappa shape index (κ2) is 8.39. The summed E-state index contributed by atoms with van der Waals surface area (Å²) in [7, 11) is 0. The van der Waals surface area contributed by atoms with E-state index in [1.165, 1.54) is 17.5 Å². The summed E-state index contributed by atoms with van der Waals surface area (Å²) in [5, 5.41) is 14.4. The van der Waals surface area contributed by atoms with Crippen molar-refractivity contribution in [3.8, 4) is 5.13 Å². The van der Waals surface area contributed by atoms with Gasteiger partial charge in [0.05, 0.1) is 35.3 Å². The molecule has 0 saturated carbocycles. The molecule has 2 aromatic heterocycles. The van der Waals surface area contributed by atoms with E-state index < -0.39 is 5.97 Å². The highest BCUT2D eigenvalue weighted by Crippen LogP contribution is 2.26. The van der Waals surface area contributed by atoms with Gasteiger partial charge in [-0.2, -0.15) is 5.10 Å². The lowest BCUT2D eigenvalue weighted by atomic mass is 10.2. The Balaban J connectivity index is 2.04. The number of carbonyl (C=O) groups excluding carboxylic acids is 1. The van der Waals surface area contributed by atoms with Gasteiger partial charge in [-0.05, 0) is 25.6 Å². The van der Waals surface area contributed by atoms with Crippen LogP contribution in [0.1, 0.15) is 29.9 Å². The molecule has 0 aliphatic carbocycles. The molecule has 7 nitrogen and oxygen atoms in total. The smallest absolute Gasteiger partial charge is 0.341 e. The third-order valence-electron chi connectivity index (χ3n) is 4.06. The monoisotopic (exact) mass is 374 g/mol. The van der Waals surface area contributed by atoms with Gasteiger partial charge >= 0.3 is 5.97 Å². The molecule has 2 heterocycles. The van der Waals surface area contributed by atoms with Crippen LogP contribution in [0.3, 0.4) is 0 Å². The molecule has 8 heteroatoms. The Kier molecular flexibility index (Phi) is 5.97. The maximum Gasteiger partial charge on any atom is 0.341 e. The van der Waals surface area contributed by atoms with Gasteiger partial charge in [-0.3, -0.25) is 4.90 Å². The standard InChI is InChI=1S/C18H22N4O3S/c1-3-21(9-10-23)12-15-13(17(24)25-4-2)11-19-22(15)18-20-14-7-5-6-8-16(14)26-18/h5-8,11,23H,3-4,9-10,12H2,1-2H3. The van der Waals surface area contributed by atoms with Gasteiger partial charge < -0.3 is 9.84 Å². The van der Waals surface area contributed by atoms with Crippen molar-refractivity contribution in [2.24, 2.45) is 0 Å². The van der Waals surface area contributed by atoms with Gasteiger partial charge in [0, 0.05) is 13.1 Å². The number of fused-ring (bicyclic) bond motifs is 1. The zero-order valence-electron chi connectivity index (χ0n) is 14.9. The number of hydrogen-bond acceptors (Lipinski definition) is 7. The number of aliphatic hydroxyl groups is 1. The topological polar surface area (TPSA) is 80.5 Å². The summed E-state index contributed by atoms with van der Waals surface area (Å²) >= 11 is 1.52. The fourth-order valence-electron chi connectivity index (χ4n) is 2.72. The van der Waals surface area contributed by atoms with Crippen molar-refractivity contribution < 1.29 is 14.6 Å². The number of ether oxygens (including phenoxy) is 1. The lowest BCUT2D eigenvalue weighted by Crippen LogP contribution is -2.28. The Morgan fingerprint density at radius 2 is 2.15 bits per heavy atom. The number of para-hydroxylation sites is 1. The van der Waals surface area contributed by atoms with Crippen LogP contribution < -0.4 is 0 Å². The van der Waals surface area contributed by atoms with Gasteiger partial charge in [0.15, 0.2) is 0 Å². The van der Waals surface area contributed by atoms with E-state index >= 15 is 0 Å². The molecule has 0 aliphatic heterocycles. The van der Waals surface area contributed by atoms with Gasteiger partial charge in [0.25, 0.3) is 0 Å². The molecule has 1 N–H and O–H groups in total. The molecule has 0 bridgehead atoms. The van der Waals surface area contributed by atoms with Crippen molar-refractivity contribution in [3.63, 3.8) is 0 Å².